The summed E-state index contributed by atoms with van der Waals surface area (Å²) in [6.07, 6.45) is 6.74. The van der Waals surface area contributed by atoms with E-state index in [-0.39, 0.29) is 12.0 Å². The van der Waals surface area contributed by atoms with Gasteiger partial charge in [0.15, 0.2) is 0 Å². The fourth-order valence-corrected chi connectivity index (χ4v) is 2.38. The Morgan fingerprint density at radius 3 is 3.10 bits per heavy atom. The van der Waals surface area contributed by atoms with E-state index in [1.807, 2.05) is 0 Å². The van der Waals surface area contributed by atoms with Crippen LogP contribution in [0.5, 0.6) is 0 Å². The van der Waals surface area contributed by atoms with Gasteiger partial charge in [-0.3, -0.25) is 4.79 Å². The first kappa shape index (κ1) is 15.5. The number of methoxy groups -OCH3 is 1. The van der Waals surface area contributed by atoms with Crippen LogP contribution in [0, 0.1) is 0 Å². The number of rotatable bonds is 7. The van der Waals surface area contributed by atoms with E-state index < -0.39 is 12.0 Å². The van der Waals surface area contributed by atoms with Crippen molar-refractivity contribution in [2.75, 3.05) is 13.7 Å². The third-order valence-corrected chi connectivity index (χ3v) is 3.52. The summed E-state index contributed by atoms with van der Waals surface area (Å²) < 4.78 is 10.2. The number of imidazole rings is 1. The fourth-order valence-electron chi connectivity index (χ4n) is 2.38. The largest absolute Gasteiger partial charge is 0.467 e. The quantitative estimate of drug-likeness (QED) is 0.717. The number of carbonyl (C=O) groups excluding carboxylic acids is 2. The van der Waals surface area contributed by atoms with Gasteiger partial charge in [-0.2, -0.15) is 0 Å². The first-order valence-electron chi connectivity index (χ1n) is 7.15. The van der Waals surface area contributed by atoms with E-state index in [4.69, 9.17) is 9.47 Å². The number of hydrogen-bond acceptors (Lipinski definition) is 5. The number of H-pyrrole nitrogens is 1. The molecule has 0 spiro atoms. The maximum absolute atomic E-state index is 12.0. The highest BCUT2D eigenvalue weighted by atomic mass is 16.5. The number of carbonyl (C=O) groups is 2. The topological polar surface area (TPSA) is 93.3 Å². The number of hydrogen-bond donors (Lipinski definition) is 2. The molecule has 0 saturated carbocycles. The Morgan fingerprint density at radius 1 is 1.62 bits per heavy atom. The minimum absolute atomic E-state index is 0.166. The highest BCUT2D eigenvalue weighted by molar-refractivity contribution is 5.84. The number of aromatic nitrogens is 2. The number of ether oxygens (including phenoxy) is 2. The van der Waals surface area contributed by atoms with Crippen LogP contribution in [-0.4, -0.2) is 47.7 Å². The van der Waals surface area contributed by atoms with Crippen LogP contribution in [0.3, 0.4) is 0 Å². The molecule has 1 aliphatic rings. The molecule has 0 radical (unpaired) electrons. The van der Waals surface area contributed by atoms with Crippen molar-refractivity contribution in [3.8, 4) is 0 Å². The Labute approximate surface area is 123 Å². The van der Waals surface area contributed by atoms with E-state index >= 15 is 0 Å². The van der Waals surface area contributed by atoms with Gasteiger partial charge in [-0.1, -0.05) is 0 Å². The lowest BCUT2D eigenvalue weighted by molar-refractivity contribution is -0.145. The van der Waals surface area contributed by atoms with Crippen LogP contribution in [0.15, 0.2) is 12.5 Å². The van der Waals surface area contributed by atoms with E-state index in [1.54, 1.807) is 6.20 Å². The molecule has 21 heavy (non-hydrogen) atoms. The Kier molecular flexibility index (Phi) is 5.74. The summed E-state index contributed by atoms with van der Waals surface area (Å²) in [5.41, 5.74) is 0.768. The van der Waals surface area contributed by atoms with Crippen LogP contribution in [-0.2, 0) is 25.5 Å². The Balaban J connectivity index is 1.82. The SMILES string of the molecule is COC(=O)[C@H](Cc1cnc[nH]1)NC(=O)CCC1CCCO1. The monoisotopic (exact) mass is 295 g/mol. The van der Waals surface area contributed by atoms with Crippen molar-refractivity contribution >= 4 is 11.9 Å². The van der Waals surface area contributed by atoms with Crippen LogP contribution in [0.25, 0.3) is 0 Å². The summed E-state index contributed by atoms with van der Waals surface area (Å²) in [4.78, 5) is 30.5. The Hall–Kier alpha value is -1.89. The molecule has 1 amide bonds. The van der Waals surface area contributed by atoms with Gasteiger partial charge in [0, 0.05) is 31.3 Å². The van der Waals surface area contributed by atoms with Crippen molar-refractivity contribution in [3.05, 3.63) is 18.2 Å². The summed E-state index contributed by atoms with van der Waals surface area (Å²) in [7, 11) is 1.31. The molecule has 1 saturated heterocycles. The van der Waals surface area contributed by atoms with Gasteiger partial charge in [0.1, 0.15) is 6.04 Å². The van der Waals surface area contributed by atoms with E-state index in [1.165, 1.54) is 13.4 Å². The van der Waals surface area contributed by atoms with Gasteiger partial charge in [0.05, 0.1) is 19.5 Å². The minimum Gasteiger partial charge on any atom is -0.467 e. The molecule has 2 N–H and O–H groups in total. The molecule has 2 rings (SSSR count). The van der Waals surface area contributed by atoms with Crippen molar-refractivity contribution in [2.24, 2.45) is 0 Å². The molecule has 2 atom stereocenters. The number of esters is 1. The zero-order chi connectivity index (χ0) is 15.1. The van der Waals surface area contributed by atoms with Gasteiger partial charge in [0.25, 0.3) is 0 Å². The summed E-state index contributed by atoms with van der Waals surface area (Å²) in [5, 5.41) is 2.71. The fraction of sp³-hybridized carbons (Fsp3) is 0.643. The maximum atomic E-state index is 12.0. The highest BCUT2D eigenvalue weighted by Crippen LogP contribution is 2.16. The third kappa shape index (κ3) is 4.86. The van der Waals surface area contributed by atoms with Gasteiger partial charge >= 0.3 is 5.97 Å². The first-order chi connectivity index (χ1) is 10.2. The lowest BCUT2D eigenvalue weighted by Crippen LogP contribution is -2.43. The molecule has 0 aromatic carbocycles. The molecule has 1 aromatic heterocycles. The molecule has 1 unspecified atom stereocenters. The van der Waals surface area contributed by atoms with Crippen molar-refractivity contribution in [1.82, 2.24) is 15.3 Å². The number of nitrogens with one attached hydrogen (secondary N) is 2. The van der Waals surface area contributed by atoms with Crippen LogP contribution in [0.4, 0.5) is 0 Å². The molecule has 2 heterocycles. The third-order valence-electron chi connectivity index (χ3n) is 3.52. The van der Waals surface area contributed by atoms with Crippen molar-refractivity contribution in [2.45, 2.75) is 44.2 Å². The standard InChI is InChI=1S/C14H21N3O4/c1-20-14(19)12(7-10-8-15-9-16-10)17-13(18)5-4-11-3-2-6-21-11/h8-9,11-12H,2-7H2,1H3,(H,15,16)(H,17,18)/t11?,12-/m0/s1. The maximum Gasteiger partial charge on any atom is 0.328 e. The summed E-state index contributed by atoms with van der Waals surface area (Å²) in [6.45, 7) is 0.775. The molecular formula is C14H21N3O4. The van der Waals surface area contributed by atoms with Crippen molar-refractivity contribution in [3.63, 3.8) is 0 Å². The van der Waals surface area contributed by atoms with Crippen molar-refractivity contribution in [1.29, 1.82) is 0 Å². The molecule has 7 heteroatoms. The van der Waals surface area contributed by atoms with Crippen molar-refractivity contribution < 1.29 is 19.1 Å². The summed E-state index contributed by atoms with van der Waals surface area (Å²) in [5.74, 6) is -0.629. The normalized spacial score (nSPS) is 19.2. The van der Waals surface area contributed by atoms with Gasteiger partial charge in [-0.25, -0.2) is 9.78 Å². The number of nitrogens with zero attached hydrogens (tertiary/aromatic N) is 1. The predicted octanol–water partition coefficient (Wildman–Crippen LogP) is 0.569. The molecule has 0 bridgehead atoms. The zero-order valence-electron chi connectivity index (χ0n) is 12.1. The average molecular weight is 295 g/mol. The molecule has 1 aliphatic heterocycles. The Bertz CT molecular complexity index is 455. The van der Waals surface area contributed by atoms with Gasteiger partial charge < -0.3 is 19.8 Å². The van der Waals surface area contributed by atoms with E-state index in [2.05, 4.69) is 15.3 Å². The lowest BCUT2D eigenvalue weighted by atomic mass is 10.1. The first-order valence-corrected chi connectivity index (χ1v) is 7.15. The van der Waals surface area contributed by atoms with E-state index in [9.17, 15) is 9.59 Å². The average Bonchev–Trinajstić information content (AvgIpc) is 3.16. The predicted molar refractivity (Wildman–Crippen MR) is 74.4 cm³/mol. The van der Waals surface area contributed by atoms with Gasteiger partial charge in [-0.15, -0.1) is 0 Å². The molecular weight excluding hydrogens is 274 g/mol. The zero-order valence-corrected chi connectivity index (χ0v) is 12.1. The van der Waals surface area contributed by atoms with E-state index in [0.717, 1.165) is 25.1 Å². The minimum atomic E-state index is -0.701. The molecule has 1 fully saturated rings. The lowest BCUT2D eigenvalue weighted by Gasteiger charge is -2.16. The Morgan fingerprint density at radius 2 is 2.48 bits per heavy atom. The number of amides is 1. The second-order valence-electron chi connectivity index (χ2n) is 5.10. The van der Waals surface area contributed by atoms with Gasteiger partial charge in [0.2, 0.25) is 5.91 Å². The van der Waals surface area contributed by atoms with Crippen LogP contribution >= 0.6 is 0 Å². The highest BCUT2D eigenvalue weighted by Gasteiger charge is 2.23. The number of aromatic amines is 1. The molecule has 7 nitrogen and oxygen atoms in total. The van der Waals surface area contributed by atoms with Gasteiger partial charge in [-0.05, 0) is 19.3 Å². The van der Waals surface area contributed by atoms with Crippen LogP contribution in [0.2, 0.25) is 0 Å². The summed E-state index contributed by atoms with van der Waals surface area (Å²) in [6, 6.07) is -0.701. The second kappa shape index (κ2) is 7.78. The summed E-state index contributed by atoms with van der Waals surface area (Å²) >= 11 is 0. The molecule has 1 aromatic rings. The molecule has 0 aliphatic carbocycles. The van der Waals surface area contributed by atoms with Crippen LogP contribution in [0.1, 0.15) is 31.4 Å². The smallest absolute Gasteiger partial charge is 0.328 e. The van der Waals surface area contributed by atoms with E-state index in [0.29, 0.717) is 19.3 Å². The second-order valence-corrected chi connectivity index (χ2v) is 5.10. The van der Waals surface area contributed by atoms with Crippen LogP contribution < -0.4 is 5.32 Å². The molecule has 116 valence electrons.